The normalized spacial score (nSPS) is 12.0. The zero-order valence-corrected chi connectivity index (χ0v) is 19.8. The second-order valence-electron chi connectivity index (χ2n) is 8.31. The zero-order chi connectivity index (χ0) is 23.4. The SMILES string of the molecule is CCN(CC)S(=O)(=O)c1cc(C(=O)Nc2ccc(C(=O)NC(C)(C)C)cc2)ccc1C. The number of nitrogens with zero attached hydrogens (tertiary/aromatic N) is 1. The van der Waals surface area contributed by atoms with Gasteiger partial charge < -0.3 is 10.6 Å². The van der Waals surface area contributed by atoms with Crippen LogP contribution in [-0.4, -0.2) is 43.2 Å². The fourth-order valence-corrected chi connectivity index (χ4v) is 4.75. The van der Waals surface area contributed by atoms with Gasteiger partial charge in [0.1, 0.15) is 0 Å². The highest BCUT2D eigenvalue weighted by atomic mass is 32.2. The molecule has 0 atom stereocenters. The molecule has 0 aliphatic carbocycles. The van der Waals surface area contributed by atoms with Gasteiger partial charge in [0.15, 0.2) is 0 Å². The summed E-state index contributed by atoms with van der Waals surface area (Å²) < 4.78 is 27.2. The third-order valence-corrected chi connectivity index (χ3v) is 6.86. The smallest absolute Gasteiger partial charge is 0.255 e. The van der Waals surface area contributed by atoms with Crippen LogP contribution in [-0.2, 0) is 10.0 Å². The molecule has 0 saturated heterocycles. The van der Waals surface area contributed by atoms with Gasteiger partial charge in [0.25, 0.3) is 11.8 Å². The second kappa shape index (κ2) is 9.62. The van der Waals surface area contributed by atoms with E-state index in [1.165, 1.54) is 10.4 Å². The van der Waals surface area contributed by atoms with E-state index in [1.54, 1.807) is 57.2 Å². The summed E-state index contributed by atoms with van der Waals surface area (Å²) in [6.07, 6.45) is 0. The van der Waals surface area contributed by atoms with Crippen LogP contribution in [0.3, 0.4) is 0 Å². The maximum Gasteiger partial charge on any atom is 0.255 e. The fraction of sp³-hybridized carbons (Fsp3) is 0.391. The van der Waals surface area contributed by atoms with Crippen LogP contribution in [0.5, 0.6) is 0 Å². The maximum absolute atomic E-state index is 12.9. The van der Waals surface area contributed by atoms with E-state index >= 15 is 0 Å². The van der Waals surface area contributed by atoms with Crippen molar-refractivity contribution in [2.75, 3.05) is 18.4 Å². The highest BCUT2D eigenvalue weighted by Gasteiger charge is 2.24. The van der Waals surface area contributed by atoms with Crippen molar-refractivity contribution in [1.82, 2.24) is 9.62 Å². The van der Waals surface area contributed by atoms with Crippen LogP contribution in [0, 0.1) is 6.92 Å². The lowest BCUT2D eigenvalue weighted by Gasteiger charge is -2.20. The Hall–Kier alpha value is -2.71. The second-order valence-corrected chi connectivity index (χ2v) is 10.2. The monoisotopic (exact) mass is 445 g/mol. The summed E-state index contributed by atoms with van der Waals surface area (Å²) in [4.78, 5) is 25.1. The van der Waals surface area contributed by atoms with Gasteiger partial charge in [-0.15, -0.1) is 0 Å². The van der Waals surface area contributed by atoms with Crippen LogP contribution in [0.25, 0.3) is 0 Å². The van der Waals surface area contributed by atoms with Crippen molar-refractivity contribution in [2.24, 2.45) is 0 Å². The number of hydrogen-bond donors (Lipinski definition) is 2. The predicted octanol–water partition coefficient (Wildman–Crippen LogP) is 3.81. The Balaban J connectivity index is 2.22. The largest absolute Gasteiger partial charge is 0.347 e. The van der Waals surface area contributed by atoms with Gasteiger partial charge in [-0.05, 0) is 69.7 Å². The van der Waals surface area contributed by atoms with Gasteiger partial charge in [-0.3, -0.25) is 9.59 Å². The molecule has 0 radical (unpaired) electrons. The molecule has 0 aliphatic heterocycles. The Kier molecular flexibility index (Phi) is 7.62. The van der Waals surface area contributed by atoms with Crippen molar-refractivity contribution in [3.63, 3.8) is 0 Å². The minimum Gasteiger partial charge on any atom is -0.347 e. The third-order valence-electron chi connectivity index (χ3n) is 4.67. The summed E-state index contributed by atoms with van der Waals surface area (Å²) in [7, 11) is -3.68. The third kappa shape index (κ3) is 6.15. The highest BCUT2D eigenvalue weighted by Crippen LogP contribution is 2.22. The standard InChI is InChI=1S/C23H31N3O4S/c1-7-26(8-2)31(29,30)20-15-18(10-9-16(20)3)21(27)24-19-13-11-17(12-14-19)22(28)25-23(4,5)6/h9-15H,7-8H2,1-6H3,(H,24,27)(H,25,28). The lowest BCUT2D eigenvalue weighted by molar-refractivity contribution is 0.0919. The first-order chi connectivity index (χ1) is 14.4. The van der Waals surface area contributed by atoms with Crippen molar-refractivity contribution in [2.45, 2.75) is 52.0 Å². The van der Waals surface area contributed by atoms with Gasteiger partial charge in [0, 0.05) is 35.4 Å². The van der Waals surface area contributed by atoms with Crippen LogP contribution in [0.2, 0.25) is 0 Å². The molecular weight excluding hydrogens is 414 g/mol. The molecule has 0 bridgehead atoms. The first-order valence-electron chi connectivity index (χ1n) is 10.2. The molecule has 0 aliphatic rings. The molecule has 2 N–H and O–H groups in total. The fourth-order valence-electron chi connectivity index (χ4n) is 3.04. The lowest BCUT2D eigenvalue weighted by atomic mass is 10.1. The van der Waals surface area contributed by atoms with E-state index in [1.807, 2.05) is 20.8 Å². The molecule has 2 rings (SSSR count). The summed E-state index contributed by atoms with van der Waals surface area (Å²) in [6, 6.07) is 11.2. The van der Waals surface area contributed by atoms with Crippen molar-refractivity contribution in [3.05, 3.63) is 59.2 Å². The summed E-state index contributed by atoms with van der Waals surface area (Å²) in [5.74, 6) is -0.627. The average Bonchev–Trinajstić information content (AvgIpc) is 2.68. The number of carbonyl (C=O) groups excluding carboxylic acids is 2. The molecule has 2 amide bonds. The summed E-state index contributed by atoms with van der Waals surface area (Å²) in [5.41, 5.74) is 1.46. The molecule has 0 fully saturated rings. The number of sulfonamides is 1. The van der Waals surface area contributed by atoms with Crippen LogP contribution in [0.4, 0.5) is 5.69 Å². The van der Waals surface area contributed by atoms with Gasteiger partial charge in [0.2, 0.25) is 10.0 Å². The van der Waals surface area contributed by atoms with Crippen molar-refractivity contribution < 1.29 is 18.0 Å². The van der Waals surface area contributed by atoms with Crippen LogP contribution < -0.4 is 10.6 Å². The molecule has 8 heteroatoms. The molecule has 7 nitrogen and oxygen atoms in total. The first-order valence-corrected chi connectivity index (χ1v) is 11.7. The predicted molar refractivity (Wildman–Crippen MR) is 123 cm³/mol. The van der Waals surface area contributed by atoms with Gasteiger partial charge >= 0.3 is 0 Å². The Morgan fingerprint density at radius 1 is 0.903 bits per heavy atom. The van der Waals surface area contributed by atoms with E-state index in [0.717, 1.165) is 0 Å². The van der Waals surface area contributed by atoms with E-state index in [2.05, 4.69) is 10.6 Å². The number of amides is 2. The number of hydrogen-bond acceptors (Lipinski definition) is 4. The molecular formula is C23H31N3O4S. The number of benzene rings is 2. The molecule has 0 saturated carbocycles. The quantitative estimate of drug-likeness (QED) is 0.677. The molecule has 0 unspecified atom stereocenters. The van der Waals surface area contributed by atoms with E-state index in [-0.39, 0.29) is 21.9 Å². The van der Waals surface area contributed by atoms with Gasteiger partial charge in [-0.2, -0.15) is 4.31 Å². The Labute approximate surface area is 184 Å². The summed E-state index contributed by atoms with van der Waals surface area (Å²) >= 11 is 0. The van der Waals surface area contributed by atoms with E-state index in [9.17, 15) is 18.0 Å². The summed E-state index contributed by atoms with van der Waals surface area (Å²) in [6.45, 7) is 11.7. The number of rotatable bonds is 7. The van der Waals surface area contributed by atoms with Crippen LogP contribution in [0.15, 0.2) is 47.4 Å². The van der Waals surface area contributed by atoms with Crippen LogP contribution in [0.1, 0.15) is 60.9 Å². The van der Waals surface area contributed by atoms with Crippen molar-refractivity contribution in [1.29, 1.82) is 0 Å². The first kappa shape index (κ1) is 24.6. The number of anilines is 1. The molecule has 2 aromatic carbocycles. The Bertz CT molecular complexity index is 1050. The van der Waals surface area contributed by atoms with Gasteiger partial charge in [0.05, 0.1) is 4.90 Å². The minimum atomic E-state index is -3.68. The van der Waals surface area contributed by atoms with Crippen molar-refractivity contribution in [3.8, 4) is 0 Å². The lowest BCUT2D eigenvalue weighted by Crippen LogP contribution is -2.40. The van der Waals surface area contributed by atoms with E-state index in [4.69, 9.17) is 0 Å². The molecule has 2 aromatic rings. The molecule has 0 aromatic heterocycles. The molecule has 168 valence electrons. The molecule has 0 spiro atoms. The van der Waals surface area contributed by atoms with E-state index in [0.29, 0.717) is 29.9 Å². The molecule has 0 heterocycles. The van der Waals surface area contributed by atoms with E-state index < -0.39 is 15.9 Å². The Morgan fingerprint density at radius 2 is 1.45 bits per heavy atom. The average molecular weight is 446 g/mol. The zero-order valence-electron chi connectivity index (χ0n) is 18.9. The maximum atomic E-state index is 12.9. The summed E-state index contributed by atoms with van der Waals surface area (Å²) in [5, 5.41) is 5.63. The van der Waals surface area contributed by atoms with Crippen molar-refractivity contribution >= 4 is 27.5 Å². The van der Waals surface area contributed by atoms with Crippen LogP contribution >= 0.6 is 0 Å². The number of nitrogens with one attached hydrogen (secondary N) is 2. The minimum absolute atomic E-state index is 0.123. The van der Waals surface area contributed by atoms with Gasteiger partial charge in [-0.1, -0.05) is 19.9 Å². The Morgan fingerprint density at radius 3 is 1.97 bits per heavy atom. The number of aryl methyl sites for hydroxylation is 1. The van der Waals surface area contributed by atoms with Gasteiger partial charge in [-0.25, -0.2) is 8.42 Å². The highest BCUT2D eigenvalue weighted by molar-refractivity contribution is 7.89. The number of carbonyl (C=O) groups is 2. The topological polar surface area (TPSA) is 95.6 Å². The molecule has 31 heavy (non-hydrogen) atoms.